The van der Waals surface area contributed by atoms with E-state index in [0.717, 1.165) is 13.0 Å². The third-order valence-electron chi connectivity index (χ3n) is 2.12. The van der Waals surface area contributed by atoms with Crippen molar-refractivity contribution in [2.24, 2.45) is 0 Å². The minimum atomic E-state index is -0.233. The van der Waals surface area contributed by atoms with Crippen molar-refractivity contribution in [1.29, 1.82) is 0 Å². The van der Waals surface area contributed by atoms with Crippen LogP contribution in [0, 0.1) is 0 Å². The molecule has 1 rings (SSSR count). The summed E-state index contributed by atoms with van der Waals surface area (Å²) in [6.07, 6.45) is 5.27. The summed E-state index contributed by atoms with van der Waals surface area (Å²) in [4.78, 5) is 10.8. The molecular formula is C11H18N2O2. The Hall–Kier alpha value is -1.29. The lowest BCUT2D eigenvalue weighted by molar-refractivity contribution is -0.139. The number of methoxy groups -OCH3 is 1. The van der Waals surface area contributed by atoms with Gasteiger partial charge < -0.3 is 14.6 Å². The van der Waals surface area contributed by atoms with Gasteiger partial charge in [-0.1, -0.05) is 6.92 Å². The zero-order chi connectivity index (χ0) is 11.1. The van der Waals surface area contributed by atoms with Crippen molar-refractivity contribution >= 4 is 5.97 Å². The molecule has 0 saturated carbocycles. The third kappa shape index (κ3) is 4.16. The molecule has 0 aliphatic heterocycles. The van der Waals surface area contributed by atoms with Gasteiger partial charge in [0.1, 0.15) is 0 Å². The molecule has 1 aromatic heterocycles. The van der Waals surface area contributed by atoms with Gasteiger partial charge in [0.25, 0.3) is 0 Å². The Bertz CT molecular complexity index is 307. The fraction of sp³-hybridized carbons (Fsp3) is 0.545. The summed E-state index contributed by atoms with van der Waals surface area (Å²) in [5.41, 5.74) is 1.19. The number of carbonyl (C=O) groups excluding carboxylic acids is 1. The van der Waals surface area contributed by atoms with Gasteiger partial charge >= 0.3 is 5.97 Å². The van der Waals surface area contributed by atoms with Crippen LogP contribution in [0.1, 0.15) is 18.9 Å². The second-order valence-corrected chi connectivity index (χ2v) is 3.44. The molecule has 1 heterocycles. The van der Waals surface area contributed by atoms with E-state index in [4.69, 9.17) is 0 Å². The van der Waals surface area contributed by atoms with E-state index in [1.165, 1.54) is 12.7 Å². The monoisotopic (exact) mass is 210 g/mol. The van der Waals surface area contributed by atoms with Crippen LogP contribution in [0.3, 0.4) is 0 Å². The van der Waals surface area contributed by atoms with Crippen LogP contribution in [0.5, 0.6) is 0 Å². The third-order valence-corrected chi connectivity index (χ3v) is 2.12. The summed E-state index contributed by atoms with van der Waals surface area (Å²) in [6, 6.07) is 2.06. The fourth-order valence-electron chi connectivity index (χ4n) is 1.37. The first-order valence-corrected chi connectivity index (χ1v) is 5.18. The lowest BCUT2D eigenvalue weighted by Gasteiger charge is -2.01. The predicted octanol–water partition coefficient (Wildman–Crippen LogP) is 1.16. The Labute approximate surface area is 90.2 Å². The van der Waals surface area contributed by atoms with Crippen molar-refractivity contribution in [3.05, 3.63) is 24.0 Å². The molecule has 0 amide bonds. The zero-order valence-electron chi connectivity index (χ0n) is 9.32. The molecule has 0 aromatic carbocycles. The number of aromatic nitrogens is 1. The molecule has 0 unspecified atom stereocenters. The van der Waals surface area contributed by atoms with Gasteiger partial charge in [0.2, 0.25) is 0 Å². The van der Waals surface area contributed by atoms with Gasteiger partial charge in [-0.15, -0.1) is 0 Å². The number of nitrogens with zero attached hydrogens (tertiary/aromatic N) is 1. The Balaban J connectivity index is 2.28. The molecule has 1 N–H and O–H groups in total. The average Bonchev–Trinajstić information content (AvgIpc) is 2.66. The molecule has 0 spiro atoms. The number of carbonyl (C=O) groups is 1. The highest BCUT2D eigenvalue weighted by Gasteiger charge is 2.00. The molecule has 0 radical (unpaired) electrons. The Morgan fingerprint density at radius 1 is 1.60 bits per heavy atom. The van der Waals surface area contributed by atoms with Crippen LogP contribution in [0.25, 0.3) is 0 Å². The van der Waals surface area contributed by atoms with E-state index >= 15 is 0 Å². The van der Waals surface area contributed by atoms with Crippen LogP contribution in [0.2, 0.25) is 0 Å². The Kier molecular flexibility index (Phi) is 4.90. The highest BCUT2D eigenvalue weighted by molar-refractivity contribution is 5.71. The Morgan fingerprint density at radius 3 is 3.07 bits per heavy atom. The van der Waals surface area contributed by atoms with E-state index in [1.54, 1.807) is 0 Å². The number of ether oxygens (including phenoxy) is 1. The van der Waals surface area contributed by atoms with E-state index in [1.807, 2.05) is 0 Å². The van der Waals surface area contributed by atoms with E-state index in [9.17, 15) is 4.79 Å². The Morgan fingerprint density at radius 2 is 2.40 bits per heavy atom. The van der Waals surface area contributed by atoms with Gasteiger partial charge in [0.15, 0.2) is 0 Å². The first-order valence-electron chi connectivity index (χ1n) is 5.18. The predicted molar refractivity (Wildman–Crippen MR) is 58.4 cm³/mol. The SMILES string of the molecule is CCCn1ccc(CNCC(=O)OC)c1. The molecule has 0 aliphatic carbocycles. The summed E-state index contributed by atoms with van der Waals surface area (Å²) in [7, 11) is 1.39. The van der Waals surface area contributed by atoms with E-state index in [2.05, 4.69) is 40.0 Å². The smallest absolute Gasteiger partial charge is 0.319 e. The van der Waals surface area contributed by atoms with Crippen molar-refractivity contribution < 1.29 is 9.53 Å². The maximum absolute atomic E-state index is 10.8. The number of aryl methyl sites for hydroxylation is 1. The van der Waals surface area contributed by atoms with Gasteiger partial charge in [-0.3, -0.25) is 4.79 Å². The maximum atomic E-state index is 10.8. The highest BCUT2D eigenvalue weighted by Crippen LogP contribution is 2.01. The van der Waals surface area contributed by atoms with Crippen LogP contribution >= 0.6 is 0 Å². The quantitative estimate of drug-likeness (QED) is 0.716. The summed E-state index contributed by atoms with van der Waals surface area (Å²) in [5.74, 6) is -0.233. The van der Waals surface area contributed by atoms with Crippen LogP contribution in [0.15, 0.2) is 18.5 Å². The summed E-state index contributed by atoms with van der Waals surface area (Å²) < 4.78 is 6.67. The molecule has 4 heteroatoms. The molecule has 4 nitrogen and oxygen atoms in total. The number of esters is 1. The summed E-state index contributed by atoms with van der Waals surface area (Å²) in [5, 5.41) is 3.02. The highest BCUT2D eigenvalue weighted by atomic mass is 16.5. The molecule has 0 bridgehead atoms. The van der Waals surface area contributed by atoms with Gasteiger partial charge in [-0.2, -0.15) is 0 Å². The van der Waals surface area contributed by atoms with Gasteiger partial charge in [0, 0.05) is 25.5 Å². The van der Waals surface area contributed by atoms with Crippen LogP contribution in [0.4, 0.5) is 0 Å². The second kappa shape index (κ2) is 6.24. The van der Waals surface area contributed by atoms with Crippen molar-refractivity contribution in [2.75, 3.05) is 13.7 Å². The van der Waals surface area contributed by atoms with E-state index < -0.39 is 0 Å². The number of nitrogens with one attached hydrogen (secondary N) is 1. The normalized spacial score (nSPS) is 10.3. The molecule has 0 atom stereocenters. The lowest BCUT2D eigenvalue weighted by atomic mass is 10.3. The van der Waals surface area contributed by atoms with E-state index in [0.29, 0.717) is 6.54 Å². The molecule has 15 heavy (non-hydrogen) atoms. The first-order chi connectivity index (χ1) is 7.26. The number of hydrogen-bond donors (Lipinski definition) is 1. The molecule has 0 saturated heterocycles. The number of hydrogen-bond acceptors (Lipinski definition) is 3. The van der Waals surface area contributed by atoms with Crippen molar-refractivity contribution in [3.8, 4) is 0 Å². The minimum absolute atomic E-state index is 0.233. The first kappa shape index (κ1) is 11.8. The molecule has 1 aromatic rings. The fourth-order valence-corrected chi connectivity index (χ4v) is 1.37. The number of rotatable bonds is 6. The van der Waals surface area contributed by atoms with Gasteiger partial charge in [-0.05, 0) is 18.1 Å². The molecule has 0 fully saturated rings. The van der Waals surface area contributed by atoms with Gasteiger partial charge in [0.05, 0.1) is 13.7 Å². The zero-order valence-corrected chi connectivity index (χ0v) is 9.32. The van der Waals surface area contributed by atoms with Gasteiger partial charge in [-0.25, -0.2) is 0 Å². The standard InChI is InChI=1S/C11H18N2O2/c1-3-5-13-6-4-10(9-13)7-12-8-11(14)15-2/h4,6,9,12H,3,5,7-8H2,1-2H3. The topological polar surface area (TPSA) is 43.3 Å². The molecular weight excluding hydrogens is 192 g/mol. The van der Waals surface area contributed by atoms with Crippen molar-refractivity contribution in [1.82, 2.24) is 9.88 Å². The molecule has 0 aliphatic rings. The minimum Gasteiger partial charge on any atom is -0.468 e. The summed E-state index contributed by atoms with van der Waals surface area (Å²) >= 11 is 0. The largest absolute Gasteiger partial charge is 0.468 e. The lowest BCUT2D eigenvalue weighted by Crippen LogP contribution is -2.23. The molecule has 84 valence electrons. The van der Waals surface area contributed by atoms with Crippen molar-refractivity contribution in [2.45, 2.75) is 26.4 Å². The van der Waals surface area contributed by atoms with Crippen LogP contribution in [-0.4, -0.2) is 24.2 Å². The van der Waals surface area contributed by atoms with Crippen LogP contribution in [-0.2, 0) is 22.6 Å². The van der Waals surface area contributed by atoms with Crippen LogP contribution < -0.4 is 5.32 Å². The second-order valence-electron chi connectivity index (χ2n) is 3.44. The summed E-state index contributed by atoms with van der Waals surface area (Å²) in [6.45, 7) is 4.15. The van der Waals surface area contributed by atoms with E-state index in [-0.39, 0.29) is 12.5 Å². The maximum Gasteiger partial charge on any atom is 0.319 e. The van der Waals surface area contributed by atoms with Crippen molar-refractivity contribution in [3.63, 3.8) is 0 Å². The average molecular weight is 210 g/mol.